The van der Waals surface area contributed by atoms with Crippen LogP contribution in [0.15, 0.2) is 24.3 Å². The van der Waals surface area contributed by atoms with Crippen molar-refractivity contribution in [1.29, 1.82) is 0 Å². The van der Waals surface area contributed by atoms with Gasteiger partial charge in [0.2, 0.25) is 0 Å². The van der Waals surface area contributed by atoms with E-state index in [1.807, 2.05) is 0 Å². The number of hydrogen-bond donors (Lipinski definition) is 0. The van der Waals surface area contributed by atoms with Gasteiger partial charge in [-0.05, 0) is 11.6 Å². The first-order valence-corrected chi connectivity index (χ1v) is 3.12. The molecule has 12 heavy (non-hydrogen) atoms. The summed E-state index contributed by atoms with van der Waals surface area (Å²) >= 11 is 0. The Bertz CT molecular complexity index is 230. The predicted molar refractivity (Wildman–Crippen MR) is 40.6 cm³/mol. The van der Waals surface area contributed by atoms with Crippen molar-refractivity contribution in [3.05, 3.63) is 35.6 Å². The standard InChI is InChI=1S/C8H8FO.ClH.Mg/c1-6(10)7-4-2-3-5-8(7)9;;/h2-6H,1H3;1H;/q-1;;+2/p-1. The first-order valence-electron chi connectivity index (χ1n) is 3.12. The maximum absolute atomic E-state index is 12.6. The average molecular weight is 199 g/mol. The quantitative estimate of drug-likeness (QED) is 0.473. The zero-order valence-corrected chi connectivity index (χ0v) is 8.93. The molecule has 1 atom stereocenters. The van der Waals surface area contributed by atoms with Gasteiger partial charge >= 0.3 is 23.1 Å². The van der Waals surface area contributed by atoms with Crippen molar-refractivity contribution in [2.75, 3.05) is 0 Å². The summed E-state index contributed by atoms with van der Waals surface area (Å²) < 4.78 is 12.6. The SMILES string of the molecule is CC([O-])c1ccccc1F.[Cl-].[Mg+2]. The van der Waals surface area contributed by atoms with Gasteiger partial charge in [-0.1, -0.05) is 25.1 Å². The summed E-state index contributed by atoms with van der Waals surface area (Å²) in [5.41, 5.74) is 0.238. The Kier molecular flexibility index (Phi) is 8.14. The second-order valence-corrected chi connectivity index (χ2v) is 2.16. The molecule has 0 amide bonds. The van der Waals surface area contributed by atoms with Gasteiger partial charge in [0, 0.05) is 0 Å². The van der Waals surface area contributed by atoms with Crippen LogP contribution in [0, 0.1) is 5.82 Å². The molecule has 4 heteroatoms. The van der Waals surface area contributed by atoms with Gasteiger partial charge in [0.25, 0.3) is 0 Å². The van der Waals surface area contributed by atoms with E-state index >= 15 is 0 Å². The van der Waals surface area contributed by atoms with Crippen LogP contribution < -0.4 is 17.5 Å². The number of benzene rings is 1. The van der Waals surface area contributed by atoms with E-state index in [-0.39, 0.29) is 41.0 Å². The zero-order chi connectivity index (χ0) is 7.56. The van der Waals surface area contributed by atoms with E-state index in [9.17, 15) is 9.50 Å². The van der Waals surface area contributed by atoms with E-state index in [2.05, 4.69) is 0 Å². The fraction of sp³-hybridized carbons (Fsp3) is 0.250. The summed E-state index contributed by atoms with van der Waals surface area (Å²) in [6.07, 6.45) is -0.971. The minimum atomic E-state index is -0.971. The van der Waals surface area contributed by atoms with Gasteiger partial charge in [-0.25, -0.2) is 4.39 Å². The average Bonchev–Trinajstić information content (AvgIpc) is 1.88. The smallest absolute Gasteiger partial charge is 1.00 e. The largest absolute Gasteiger partial charge is 2.00 e. The molecule has 0 fully saturated rings. The third-order valence-electron chi connectivity index (χ3n) is 1.34. The molecular weight excluding hydrogens is 191 g/mol. The summed E-state index contributed by atoms with van der Waals surface area (Å²) in [5.74, 6) is -0.412. The van der Waals surface area contributed by atoms with Gasteiger partial charge in [0.05, 0.1) is 0 Å². The molecule has 0 aliphatic rings. The van der Waals surface area contributed by atoms with Crippen molar-refractivity contribution in [3.8, 4) is 0 Å². The third-order valence-corrected chi connectivity index (χ3v) is 1.34. The van der Waals surface area contributed by atoms with E-state index in [0.717, 1.165) is 0 Å². The molecular formula is C8H8ClFMgO. The van der Waals surface area contributed by atoms with Crippen LogP contribution in [0.5, 0.6) is 0 Å². The topological polar surface area (TPSA) is 23.1 Å². The van der Waals surface area contributed by atoms with Gasteiger partial charge in [0.15, 0.2) is 0 Å². The second kappa shape index (κ2) is 6.66. The zero-order valence-electron chi connectivity index (χ0n) is 6.76. The molecule has 1 nitrogen and oxygen atoms in total. The van der Waals surface area contributed by atoms with E-state index in [4.69, 9.17) is 0 Å². The number of rotatable bonds is 1. The Morgan fingerprint density at radius 2 is 1.83 bits per heavy atom. The van der Waals surface area contributed by atoms with Crippen LogP contribution in [0.3, 0.4) is 0 Å². The van der Waals surface area contributed by atoms with Gasteiger partial charge in [-0.2, -0.15) is 0 Å². The number of hydrogen-bond acceptors (Lipinski definition) is 1. The Morgan fingerprint density at radius 1 is 1.33 bits per heavy atom. The van der Waals surface area contributed by atoms with Crippen molar-refractivity contribution >= 4 is 23.1 Å². The van der Waals surface area contributed by atoms with Gasteiger partial charge in [-0.15, -0.1) is 6.10 Å². The van der Waals surface area contributed by atoms with Gasteiger partial charge < -0.3 is 17.5 Å². The number of halogens is 2. The maximum Gasteiger partial charge on any atom is 2.00 e. The van der Waals surface area contributed by atoms with Crippen LogP contribution in [0.2, 0.25) is 0 Å². The minimum absolute atomic E-state index is 0. The maximum atomic E-state index is 12.6. The van der Waals surface area contributed by atoms with E-state index in [0.29, 0.717) is 0 Å². The van der Waals surface area contributed by atoms with E-state index in [1.165, 1.54) is 19.1 Å². The van der Waals surface area contributed by atoms with E-state index in [1.54, 1.807) is 12.1 Å². The molecule has 0 saturated heterocycles. The van der Waals surface area contributed by atoms with Gasteiger partial charge in [0.1, 0.15) is 5.82 Å². The molecule has 1 aromatic rings. The molecule has 1 rings (SSSR count). The molecule has 0 aliphatic heterocycles. The molecule has 0 radical (unpaired) electrons. The van der Waals surface area contributed by atoms with Crippen LogP contribution >= 0.6 is 0 Å². The van der Waals surface area contributed by atoms with Crippen molar-refractivity contribution in [1.82, 2.24) is 0 Å². The summed E-state index contributed by atoms with van der Waals surface area (Å²) in [5, 5.41) is 10.7. The van der Waals surface area contributed by atoms with Crippen molar-refractivity contribution in [3.63, 3.8) is 0 Å². The first-order chi connectivity index (χ1) is 4.72. The van der Waals surface area contributed by atoms with Crippen LogP contribution in [0.1, 0.15) is 18.6 Å². The summed E-state index contributed by atoms with van der Waals surface area (Å²) in [6.45, 7) is 1.43. The van der Waals surface area contributed by atoms with Crippen LogP contribution in [0.4, 0.5) is 4.39 Å². The Hall–Kier alpha value is 0.166. The van der Waals surface area contributed by atoms with Crippen LogP contribution in [-0.2, 0) is 0 Å². The second-order valence-electron chi connectivity index (χ2n) is 2.16. The van der Waals surface area contributed by atoms with Crippen molar-refractivity contribution < 1.29 is 21.9 Å². The molecule has 0 aromatic heterocycles. The molecule has 1 aromatic carbocycles. The third kappa shape index (κ3) is 3.71. The fourth-order valence-corrected chi connectivity index (χ4v) is 0.805. The fourth-order valence-electron chi connectivity index (χ4n) is 0.805. The summed E-state index contributed by atoms with van der Waals surface area (Å²) in [4.78, 5) is 0. The van der Waals surface area contributed by atoms with Gasteiger partial charge in [-0.3, -0.25) is 0 Å². The van der Waals surface area contributed by atoms with Crippen LogP contribution in [-0.4, -0.2) is 23.1 Å². The molecule has 0 spiro atoms. The van der Waals surface area contributed by atoms with Crippen molar-refractivity contribution in [2.24, 2.45) is 0 Å². The Labute approximate surface area is 93.5 Å². The molecule has 0 saturated carbocycles. The molecule has 0 bridgehead atoms. The summed E-state index contributed by atoms with van der Waals surface area (Å²) in [7, 11) is 0. The molecule has 0 heterocycles. The van der Waals surface area contributed by atoms with E-state index < -0.39 is 11.9 Å². The minimum Gasteiger partial charge on any atom is -1.00 e. The molecule has 62 valence electrons. The molecule has 1 unspecified atom stereocenters. The Morgan fingerprint density at radius 3 is 2.17 bits per heavy atom. The molecule has 0 N–H and O–H groups in total. The monoisotopic (exact) mass is 198 g/mol. The van der Waals surface area contributed by atoms with Crippen LogP contribution in [0.25, 0.3) is 0 Å². The Balaban J connectivity index is 0. The van der Waals surface area contributed by atoms with Crippen molar-refractivity contribution in [2.45, 2.75) is 13.0 Å². The normalized spacial score (nSPS) is 10.9. The predicted octanol–water partition coefficient (Wildman–Crippen LogP) is -2.13. The molecule has 0 aliphatic carbocycles. The summed E-state index contributed by atoms with van der Waals surface area (Å²) in [6, 6.07) is 6.03. The first kappa shape index (κ1) is 14.7.